The number of hydrogen-bond acceptors (Lipinski definition) is 3. The summed E-state index contributed by atoms with van der Waals surface area (Å²) in [4.78, 5) is 0. The zero-order chi connectivity index (χ0) is 11.2. The van der Waals surface area contributed by atoms with Gasteiger partial charge in [0.25, 0.3) is 0 Å². The highest BCUT2D eigenvalue weighted by molar-refractivity contribution is 4.44. The predicted octanol–water partition coefficient (Wildman–Crippen LogP) is 2.07. The van der Waals surface area contributed by atoms with Crippen molar-refractivity contribution in [3.63, 3.8) is 0 Å². The van der Waals surface area contributed by atoms with Gasteiger partial charge in [0.15, 0.2) is 0 Å². The molecule has 0 spiro atoms. The molecule has 0 rings (SSSR count). The number of unbranched alkanes of at least 4 members (excludes halogenated alkanes) is 6. The van der Waals surface area contributed by atoms with Crippen LogP contribution in [0.4, 0.5) is 0 Å². The Balaban J connectivity index is 2.81. The molecule has 0 heterocycles. The van der Waals surface area contributed by atoms with E-state index in [4.69, 9.17) is 15.6 Å². The quantitative estimate of drug-likeness (QED) is 0.492. The highest BCUT2D eigenvalue weighted by Gasteiger charge is 1.91. The molecule has 3 heteroatoms. The molecule has 0 saturated carbocycles. The Morgan fingerprint density at radius 3 is 1.80 bits per heavy atom. The number of aliphatic hydroxyl groups is 1. The monoisotopic (exact) mass is 217 g/mol. The van der Waals surface area contributed by atoms with Crippen molar-refractivity contribution in [3.8, 4) is 0 Å². The first-order valence-electron chi connectivity index (χ1n) is 6.30. The van der Waals surface area contributed by atoms with Gasteiger partial charge in [-0.25, -0.2) is 0 Å². The van der Waals surface area contributed by atoms with Crippen molar-refractivity contribution in [2.24, 2.45) is 5.73 Å². The molecule has 0 aliphatic rings. The molecule has 3 N–H and O–H groups in total. The maximum Gasteiger partial charge on any atom is 0.0466 e. The molecule has 0 aliphatic carbocycles. The van der Waals surface area contributed by atoms with Crippen LogP contribution in [0.3, 0.4) is 0 Å². The summed E-state index contributed by atoms with van der Waals surface area (Å²) >= 11 is 0. The third kappa shape index (κ3) is 13.9. The van der Waals surface area contributed by atoms with Crippen LogP contribution in [0.25, 0.3) is 0 Å². The highest BCUT2D eigenvalue weighted by Crippen LogP contribution is 2.01. The van der Waals surface area contributed by atoms with E-state index in [2.05, 4.69) is 0 Å². The van der Waals surface area contributed by atoms with Crippen molar-refractivity contribution in [1.82, 2.24) is 0 Å². The second-order valence-corrected chi connectivity index (χ2v) is 3.95. The van der Waals surface area contributed by atoms with Gasteiger partial charge in [-0.05, 0) is 32.2 Å². The zero-order valence-electron chi connectivity index (χ0n) is 9.92. The van der Waals surface area contributed by atoms with E-state index in [-0.39, 0.29) is 0 Å². The van der Waals surface area contributed by atoms with Gasteiger partial charge in [-0.15, -0.1) is 0 Å². The van der Waals surface area contributed by atoms with E-state index in [9.17, 15) is 0 Å². The second kappa shape index (κ2) is 13.9. The van der Waals surface area contributed by atoms with Crippen molar-refractivity contribution in [2.45, 2.75) is 51.4 Å². The first-order chi connectivity index (χ1) is 7.41. The number of hydrogen-bond donors (Lipinski definition) is 2. The molecule has 0 aromatic rings. The van der Waals surface area contributed by atoms with Crippen LogP contribution >= 0.6 is 0 Å². The summed E-state index contributed by atoms with van der Waals surface area (Å²) < 4.78 is 5.50. The van der Waals surface area contributed by atoms with Crippen molar-refractivity contribution in [2.75, 3.05) is 26.4 Å². The lowest BCUT2D eigenvalue weighted by molar-refractivity contribution is 0.125. The molecule has 3 nitrogen and oxygen atoms in total. The average molecular weight is 217 g/mol. The van der Waals surface area contributed by atoms with Crippen LogP contribution in [0.1, 0.15) is 51.4 Å². The van der Waals surface area contributed by atoms with Gasteiger partial charge in [0, 0.05) is 19.8 Å². The normalized spacial score (nSPS) is 10.8. The summed E-state index contributed by atoms with van der Waals surface area (Å²) in [7, 11) is 0. The summed E-state index contributed by atoms with van der Waals surface area (Å²) in [5.74, 6) is 0. The lowest BCUT2D eigenvalue weighted by atomic mass is 10.2. The first-order valence-corrected chi connectivity index (χ1v) is 6.30. The van der Waals surface area contributed by atoms with Crippen LogP contribution in [0.15, 0.2) is 0 Å². The predicted molar refractivity (Wildman–Crippen MR) is 63.9 cm³/mol. The second-order valence-electron chi connectivity index (χ2n) is 3.95. The van der Waals surface area contributed by atoms with Gasteiger partial charge < -0.3 is 15.6 Å². The molecule has 0 saturated heterocycles. The maximum absolute atomic E-state index is 8.57. The summed E-state index contributed by atoms with van der Waals surface area (Å²) in [5, 5.41) is 8.57. The average Bonchev–Trinajstić information content (AvgIpc) is 2.26. The van der Waals surface area contributed by atoms with Crippen LogP contribution in [-0.2, 0) is 4.74 Å². The minimum Gasteiger partial charge on any atom is -0.396 e. The molecule has 15 heavy (non-hydrogen) atoms. The SMILES string of the molecule is NCCCCCCOCCCCCCO. The van der Waals surface area contributed by atoms with Crippen molar-refractivity contribution in [3.05, 3.63) is 0 Å². The Morgan fingerprint density at radius 2 is 1.27 bits per heavy atom. The lowest BCUT2D eigenvalue weighted by Crippen LogP contribution is -2.00. The Kier molecular flexibility index (Phi) is 13.8. The van der Waals surface area contributed by atoms with Gasteiger partial charge in [0.1, 0.15) is 0 Å². The van der Waals surface area contributed by atoms with Crippen LogP contribution < -0.4 is 5.73 Å². The standard InChI is InChI=1S/C12H27NO2/c13-9-5-1-3-7-11-15-12-8-4-2-6-10-14/h14H,1-13H2. The third-order valence-corrected chi connectivity index (χ3v) is 2.44. The van der Waals surface area contributed by atoms with Gasteiger partial charge in [0.2, 0.25) is 0 Å². The molecule has 0 aromatic carbocycles. The van der Waals surface area contributed by atoms with Crippen molar-refractivity contribution < 1.29 is 9.84 Å². The summed E-state index contributed by atoms with van der Waals surface area (Å²) in [6.07, 6.45) is 9.13. The fraction of sp³-hybridized carbons (Fsp3) is 1.00. The van der Waals surface area contributed by atoms with Crippen LogP contribution in [-0.4, -0.2) is 31.5 Å². The Labute approximate surface area is 94.0 Å². The van der Waals surface area contributed by atoms with E-state index in [1.807, 2.05) is 0 Å². The number of ether oxygens (including phenoxy) is 1. The minimum absolute atomic E-state index is 0.321. The Bertz CT molecular complexity index is 97.8. The summed E-state index contributed by atoms with van der Waals surface area (Å²) in [6.45, 7) is 2.90. The fourth-order valence-electron chi connectivity index (χ4n) is 1.47. The van der Waals surface area contributed by atoms with E-state index in [0.29, 0.717) is 6.61 Å². The Morgan fingerprint density at radius 1 is 0.733 bits per heavy atom. The molecule has 0 atom stereocenters. The van der Waals surface area contributed by atoms with Crippen molar-refractivity contribution >= 4 is 0 Å². The summed E-state index contributed by atoms with van der Waals surface area (Å²) in [5.41, 5.74) is 5.40. The lowest BCUT2D eigenvalue weighted by Gasteiger charge is -2.03. The summed E-state index contributed by atoms with van der Waals surface area (Å²) in [6, 6.07) is 0. The van der Waals surface area contributed by atoms with Gasteiger partial charge in [-0.1, -0.05) is 25.7 Å². The van der Waals surface area contributed by atoms with E-state index >= 15 is 0 Å². The molecule has 0 bridgehead atoms. The number of nitrogens with two attached hydrogens (primary N) is 1. The third-order valence-electron chi connectivity index (χ3n) is 2.44. The molecule has 0 fully saturated rings. The van der Waals surface area contributed by atoms with Crippen molar-refractivity contribution in [1.29, 1.82) is 0 Å². The number of rotatable bonds is 12. The smallest absolute Gasteiger partial charge is 0.0466 e. The first kappa shape index (κ1) is 14.9. The molecule has 0 unspecified atom stereocenters. The Hall–Kier alpha value is -0.120. The highest BCUT2D eigenvalue weighted by atomic mass is 16.5. The van der Waals surface area contributed by atoms with E-state index in [1.165, 1.54) is 19.3 Å². The van der Waals surface area contributed by atoms with E-state index in [0.717, 1.165) is 51.9 Å². The minimum atomic E-state index is 0.321. The number of aliphatic hydroxyl groups excluding tert-OH is 1. The molecule has 92 valence electrons. The molecule has 0 radical (unpaired) electrons. The molecular weight excluding hydrogens is 190 g/mol. The van der Waals surface area contributed by atoms with Crippen LogP contribution in [0.2, 0.25) is 0 Å². The molecule has 0 amide bonds. The topological polar surface area (TPSA) is 55.5 Å². The van der Waals surface area contributed by atoms with Gasteiger partial charge in [-0.3, -0.25) is 0 Å². The van der Waals surface area contributed by atoms with E-state index < -0.39 is 0 Å². The van der Waals surface area contributed by atoms with Gasteiger partial charge in [-0.2, -0.15) is 0 Å². The van der Waals surface area contributed by atoms with Crippen LogP contribution in [0.5, 0.6) is 0 Å². The van der Waals surface area contributed by atoms with Gasteiger partial charge >= 0.3 is 0 Å². The molecular formula is C12H27NO2. The van der Waals surface area contributed by atoms with Crippen LogP contribution in [0, 0.1) is 0 Å². The maximum atomic E-state index is 8.57. The zero-order valence-corrected chi connectivity index (χ0v) is 9.92. The van der Waals surface area contributed by atoms with E-state index in [1.54, 1.807) is 0 Å². The van der Waals surface area contributed by atoms with Gasteiger partial charge in [0.05, 0.1) is 0 Å². The fourth-order valence-corrected chi connectivity index (χ4v) is 1.47. The molecule has 0 aliphatic heterocycles. The largest absolute Gasteiger partial charge is 0.396 e. The molecule has 0 aromatic heterocycles.